The lowest BCUT2D eigenvalue weighted by molar-refractivity contribution is 0.927. The van der Waals surface area contributed by atoms with Gasteiger partial charge in [-0.3, -0.25) is 0 Å². The van der Waals surface area contributed by atoms with Crippen LogP contribution in [0, 0.1) is 11.3 Å². The number of nitrogens with two attached hydrogens (primary N) is 1. The van der Waals surface area contributed by atoms with Gasteiger partial charge in [0.05, 0.1) is 11.4 Å². The molecule has 2 rings (SSSR count). The molecule has 0 fully saturated rings. The fourth-order valence-corrected chi connectivity index (χ4v) is 1.81. The van der Waals surface area contributed by atoms with Gasteiger partial charge in [0.2, 0.25) is 0 Å². The average Bonchev–Trinajstić information content (AvgIpc) is 2.46. The van der Waals surface area contributed by atoms with E-state index in [0.29, 0.717) is 6.42 Å². The van der Waals surface area contributed by atoms with E-state index in [1.54, 1.807) is 0 Å². The molecule has 1 heterocycles. The number of nitriles is 1. The third kappa shape index (κ3) is 2.78. The quantitative estimate of drug-likeness (QED) is 0.846. The summed E-state index contributed by atoms with van der Waals surface area (Å²) in [4.78, 5) is 8.63. The third-order valence-corrected chi connectivity index (χ3v) is 2.73. The van der Waals surface area contributed by atoms with E-state index < -0.39 is 0 Å². The van der Waals surface area contributed by atoms with Gasteiger partial charge in [0.25, 0.3) is 0 Å². The smallest absolute Gasteiger partial charge is 0.183 e. The summed E-state index contributed by atoms with van der Waals surface area (Å²) in [6.45, 7) is 3.70. The van der Waals surface area contributed by atoms with Gasteiger partial charge in [0.1, 0.15) is 6.07 Å². The lowest BCUT2D eigenvalue weighted by atomic mass is 10.1. The minimum atomic E-state index is 0.170. The lowest BCUT2D eigenvalue weighted by Crippen LogP contribution is -2.05. The predicted octanol–water partition coefficient (Wildman–Crippen LogP) is 2.72. The molecule has 4 heteroatoms. The summed E-state index contributed by atoms with van der Waals surface area (Å²) in [5.41, 5.74) is 8.39. The highest BCUT2D eigenvalue weighted by Gasteiger charge is 2.12. The van der Waals surface area contributed by atoms with Crippen molar-refractivity contribution >= 4 is 5.82 Å². The van der Waals surface area contributed by atoms with Gasteiger partial charge in [-0.25, -0.2) is 9.97 Å². The normalized spacial score (nSPS) is 9.84. The van der Waals surface area contributed by atoms with Crippen LogP contribution in [0.3, 0.4) is 0 Å². The highest BCUT2D eigenvalue weighted by atomic mass is 14.9. The molecule has 2 N–H and O–H groups in total. The van der Waals surface area contributed by atoms with Crippen LogP contribution in [0.4, 0.5) is 5.82 Å². The van der Waals surface area contributed by atoms with E-state index in [-0.39, 0.29) is 11.5 Å². The van der Waals surface area contributed by atoms with E-state index in [2.05, 4.69) is 16.5 Å². The van der Waals surface area contributed by atoms with Crippen LogP contribution < -0.4 is 5.73 Å². The van der Waals surface area contributed by atoms with E-state index in [0.717, 1.165) is 23.4 Å². The number of hydrogen-bond donors (Lipinski definition) is 1. The van der Waals surface area contributed by atoms with Crippen molar-refractivity contribution in [3.8, 4) is 17.3 Å². The molecule has 0 bridgehead atoms. The molecule has 0 saturated carbocycles. The van der Waals surface area contributed by atoms with Crippen LogP contribution in [-0.2, 0) is 6.42 Å². The molecule has 2 aromatic rings. The second-order valence-corrected chi connectivity index (χ2v) is 4.06. The fraction of sp³-hybridized carbons (Fsp3) is 0.133. The Labute approximate surface area is 112 Å². The lowest BCUT2D eigenvalue weighted by Gasteiger charge is -2.09. The summed E-state index contributed by atoms with van der Waals surface area (Å²) in [5.74, 6) is 0.170. The van der Waals surface area contributed by atoms with Crippen molar-refractivity contribution in [3.63, 3.8) is 0 Å². The Morgan fingerprint density at radius 2 is 2.00 bits per heavy atom. The Morgan fingerprint density at radius 3 is 2.63 bits per heavy atom. The van der Waals surface area contributed by atoms with Crippen LogP contribution in [0.5, 0.6) is 0 Å². The van der Waals surface area contributed by atoms with Gasteiger partial charge >= 0.3 is 0 Å². The largest absolute Gasteiger partial charge is 0.381 e. The zero-order valence-electron chi connectivity index (χ0n) is 10.5. The molecule has 0 aliphatic rings. The molecule has 0 spiro atoms. The summed E-state index contributed by atoms with van der Waals surface area (Å²) in [6, 6.07) is 11.7. The second kappa shape index (κ2) is 5.78. The molecule has 1 aromatic heterocycles. The fourth-order valence-electron chi connectivity index (χ4n) is 1.81. The third-order valence-electron chi connectivity index (χ3n) is 2.73. The van der Waals surface area contributed by atoms with E-state index in [1.165, 1.54) is 0 Å². The standard InChI is InChI=1S/C15H14N4/c1-2-3-9-12-14(11-7-5-4-6-8-11)19-15(17)13(10-16)18-12/h2,4-8H,1,3,9H2,(H2,17,19). The van der Waals surface area contributed by atoms with Crippen LogP contribution in [0.15, 0.2) is 43.0 Å². The molecular formula is C15H14N4. The topological polar surface area (TPSA) is 75.6 Å². The summed E-state index contributed by atoms with van der Waals surface area (Å²) in [7, 11) is 0. The van der Waals surface area contributed by atoms with E-state index >= 15 is 0 Å². The Kier molecular flexibility index (Phi) is 3.89. The van der Waals surface area contributed by atoms with Gasteiger partial charge in [0.15, 0.2) is 11.5 Å². The number of aromatic nitrogens is 2. The Hall–Kier alpha value is -2.67. The van der Waals surface area contributed by atoms with Crippen LogP contribution in [-0.4, -0.2) is 9.97 Å². The molecule has 0 aliphatic carbocycles. The molecule has 4 nitrogen and oxygen atoms in total. The van der Waals surface area contributed by atoms with Crippen molar-refractivity contribution in [3.05, 3.63) is 54.4 Å². The molecule has 94 valence electrons. The minimum Gasteiger partial charge on any atom is -0.381 e. The number of hydrogen-bond acceptors (Lipinski definition) is 4. The van der Waals surface area contributed by atoms with Gasteiger partial charge in [-0.1, -0.05) is 36.4 Å². The SMILES string of the molecule is C=CCCc1nc(C#N)c(N)nc1-c1ccccc1. The summed E-state index contributed by atoms with van der Waals surface area (Å²) >= 11 is 0. The highest BCUT2D eigenvalue weighted by molar-refractivity contribution is 5.64. The van der Waals surface area contributed by atoms with Crippen molar-refractivity contribution in [1.82, 2.24) is 9.97 Å². The molecule has 0 atom stereocenters. The number of rotatable bonds is 4. The van der Waals surface area contributed by atoms with Crippen LogP contribution in [0.1, 0.15) is 17.8 Å². The van der Waals surface area contributed by atoms with Crippen LogP contribution >= 0.6 is 0 Å². The zero-order valence-corrected chi connectivity index (χ0v) is 10.5. The minimum absolute atomic E-state index is 0.170. The Bertz CT molecular complexity index is 627. The van der Waals surface area contributed by atoms with E-state index in [4.69, 9.17) is 11.0 Å². The van der Waals surface area contributed by atoms with Gasteiger partial charge in [-0.15, -0.1) is 6.58 Å². The summed E-state index contributed by atoms with van der Waals surface area (Å²) < 4.78 is 0. The van der Waals surface area contributed by atoms with Gasteiger partial charge in [-0.05, 0) is 12.8 Å². The first-order valence-corrected chi connectivity index (χ1v) is 5.99. The maximum Gasteiger partial charge on any atom is 0.183 e. The molecule has 0 amide bonds. The molecular weight excluding hydrogens is 236 g/mol. The van der Waals surface area contributed by atoms with Crippen LogP contribution in [0.25, 0.3) is 11.3 Å². The predicted molar refractivity (Wildman–Crippen MR) is 75.1 cm³/mol. The van der Waals surface area contributed by atoms with Crippen molar-refractivity contribution in [2.75, 3.05) is 5.73 Å². The van der Waals surface area contributed by atoms with Gasteiger partial charge < -0.3 is 5.73 Å². The maximum atomic E-state index is 8.98. The number of allylic oxidation sites excluding steroid dienone is 1. The number of benzene rings is 1. The van der Waals surface area contributed by atoms with Crippen molar-refractivity contribution < 1.29 is 0 Å². The molecule has 19 heavy (non-hydrogen) atoms. The number of aryl methyl sites for hydroxylation is 1. The molecule has 0 radical (unpaired) electrons. The monoisotopic (exact) mass is 250 g/mol. The molecule has 0 saturated heterocycles. The molecule has 0 unspecified atom stereocenters. The number of anilines is 1. The summed E-state index contributed by atoms with van der Waals surface area (Å²) in [5, 5.41) is 8.98. The van der Waals surface area contributed by atoms with Gasteiger partial charge in [-0.2, -0.15) is 5.26 Å². The van der Waals surface area contributed by atoms with Crippen molar-refractivity contribution in [2.45, 2.75) is 12.8 Å². The van der Waals surface area contributed by atoms with E-state index in [1.807, 2.05) is 42.5 Å². The molecule has 1 aromatic carbocycles. The van der Waals surface area contributed by atoms with E-state index in [9.17, 15) is 0 Å². The first kappa shape index (κ1) is 12.8. The molecule has 0 aliphatic heterocycles. The Morgan fingerprint density at radius 1 is 1.26 bits per heavy atom. The van der Waals surface area contributed by atoms with Crippen molar-refractivity contribution in [2.24, 2.45) is 0 Å². The number of nitrogens with zero attached hydrogens (tertiary/aromatic N) is 3. The first-order valence-electron chi connectivity index (χ1n) is 5.99. The Balaban J connectivity index is 2.55. The van der Waals surface area contributed by atoms with Crippen molar-refractivity contribution in [1.29, 1.82) is 5.26 Å². The average molecular weight is 250 g/mol. The second-order valence-electron chi connectivity index (χ2n) is 4.06. The summed E-state index contributed by atoms with van der Waals surface area (Å²) in [6.07, 6.45) is 3.29. The van der Waals surface area contributed by atoms with Gasteiger partial charge in [0, 0.05) is 5.56 Å². The van der Waals surface area contributed by atoms with Crippen LogP contribution in [0.2, 0.25) is 0 Å². The first-order chi connectivity index (χ1) is 9.26. The zero-order chi connectivity index (χ0) is 13.7. The number of nitrogen functional groups attached to an aromatic ring is 1. The highest BCUT2D eigenvalue weighted by Crippen LogP contribution is 2.23. The maximum absolute atomic E-state index is 8.98.